The van der Waals surface area contributed by atoms with Crippen molar-refractivity contribution in [3.63, 3.8) is 0 Å². The predicted octanol–water partition coefficient (Wildman–Crippen LogP) is 4.34. The van der Waals surface area contributed by atoms with Crippen molar-refractivity contribution in [3.05, 3.63) is 70.9 Å². The van der Waals surface area contributed by atoms with Crippen LogP contribution in [-0.4, -0.2) is 23.7 Å². The molecule has 0 fully saturated rings. The maximum absolute atomic E-state index is 14.4. The highest BCUT2D eigenvalue weighted by molar-refractivity contribution is 14.1. The highest BCUT2D eigenvalue weighted by Crippen LogP contribution is 2.26. The zero-order valence-corrected chi connectivity index (χ0v) is 16.8. The number of anilines is 1. The molecule has 2 aromatic carbocycles. The molecule has 0 radical (unpaired) electrons. The number of hydrogen-bond acceptors (Lipinski definition) is 4. The maximum Gasteiger partial charge on any atom is 0.260 e. The molecule has 0 aliphatic carbocycles. The van der Waals surface area contributed by atoms with Crippen molar-refractivity contribution in [1.82, 2.24) is 17.8 Å². The zero-order chi connectivity index (χ0) is 19.8. The molecule has 4 aromatic rings. The Bertz CT molecular complexity index is 1280. The number of carbonyl (C=O) groups excluding carboxylic acids is 1. The molecule has 2 heterocycles. The molecule has 0 atom stereocenters. The van der Waals surface area contributed by atoms with Crippen molar-refractivity contribution < 1.29 is 9.18 Å². The van der Waals surface area contributed by atoms with Crippen molar-refractivity contribution in [2.45, 2.75) is 0 Å². The molecule has 1 amide bonds. The molecule has 7 nitrogen and oxygen atoms in total. The molecule has 10 heteroatoms. The quantitative estimate of drug-likeness (QED) is 0.419. The molecule has 1 N–H and O–H groups in total. The summed E-state index contributed by atoms with van der Waals surface area (Å²) in [6.07, 6.45) is 5.14. The zero-order valence-electron chi connectivity index (χ0n) is 13.9. The maximum atomic E-state index is 14.4. The number of fused-ring (bicyclic) bond motifs is 1. The van der Waals surface area contributed by atoms with Crippen LogP contribution < -0.4 is 5.32 Å². The van der Waals surface area contributed by atoms with Crippen molar-refractivity contribution in [2.24, 2.45) is 0 Å². The van der Waals surface area contributed by atoms with Gasteiger partial charge in [-0.3, -0.25) is 4.79 Å². The molecule has 0 unspecified atom stereocenters. The molecular formula is C18H9ClFIN6O. The second-order valence-electron chi connectivity index (χ2n) is 5.77. The van der Waals surface area contributed by atoms with Crippen LogP contribution in [0.5, 0.6) is 0 Å². The topological polar surface area (TPSA) is 88.5 Å². The van der Waals surface area contributed by atoms with Crippen molar-refractivity contribution in [2.75, 3.05) is 5.32 Å². The summed E-state index contributed by atoms with van der Waals surface area (Å²) in [5.41, 5.74) is 1.29. The number of benzene rings is 2. The van der Waals surface area contributed by atoms with E-state index >= 15 is 0 Å². The standard InChI is InChI=1S/C18H9ClFIN6O/c19-14-4-2-10(6-22)17(20)16(14)18(28)25-12-3-1-11-7-24-27(15(11)5-12)13-8-23-26(21)9-13/h1-5,7-9H,(H,25,28). The molecule has 0 aliphatic rings. The molecule has 2 aromatic heterocycles. The van der Waals surface area contributed by atoms with Gasteiger partial charge in [-0.1, -0.05) is 11.6 Å². The first-order valence-corrected chi connectivity index (χ1v) is 9.20. The number of amides is 1. The van der Waals surface area contributed by atoms with Crippen LogP contribution in [0.3, 0.4) is 0 Å². The molecule has 0 bridgehead atoms. The molecule has 0 aliphatic heterocycles. The van der Waals surface area contributed by atoms with Crippen LogP contribution in [0.25, 0.3) is 16.6 Å². The number of carbonyl (C=O) groups is 1. The van der Waals surface area contributed by atoms with Gasteiger partial charge in [0, 0.05) is 11.1 Å². The van der Waals surface area contributed by atoms with Crippen LogP contribution in [0.15, 0.2) is 48.9 Å². The average molecular weight is 507 g/mol. The number of hydrogen-bond donors (Lipinski definition) is 1. The van der Waals surface area contributed by atoms with Crippen molar-refractivity contribution in [3.8, 4) is 11.8 Å². The number of nitrogens with one attached hydrogen (secondary N) is 1. The minimum absolute atomic E-state index is 0.0745. The Morgan fingerprint density at radius 3 is 2.79 bits per heavy atom. The summed E-state index contributed by atoms with van der Waals surface area (Å²) in [6, 6.07) is 9.41. The first-order valence-electron chi connectivity index (χ1n) is 7.86. The first-order chi connectivity index (χ1) is 13.5. The Labute approximate surface area is 176 Å². The summed E-state index contributed by atoms with van der Waals surface area (Å²) in [4.78, 5) is 12.6. The monoisotopic (exact) mass is 506 g/mol. The van der Waals surface area contributed by atoms with Gasteiger partial charge in [0.1, 0.15) is 11.8 Å². The number of halogens is 3. The van der Waals surface area contributed by atoms with E-state index in [1.165, 1.54) is 12.1 Å². The molecule has 28 heavy (non-hydrogen) atoms. The van der Waals surface area contributed by atoms with Gasteiger partial charge in [-0.2, -0.15) is 15.5 Å². The summed E-state index contributed by atoms with van der Waals surface area (Å²) >= 11 is 8.00. The summed E-state index contributed by atoms with van der Waals surface area (Å²) in [6.45, 7) is 0. The smallest absolute Gasteiger partial charge is 0.260 e. The van der Waals surface area contributed by atoms with E-state index in [2.05, 4.69) is 15.5 Å². The van der Waals surface area contributed by atoms with Crippen molar-refractivity contribution >= 4 is 57.0 Å². The Hall–Kier alpha value is -2.97. The van der Waals surface area contributed by atoms with Gasteiger partial charge in [-0.15, -0.1) is 0 Å². The number of aromatic nitrogens is 4. The molecule has 0 spiro atoms. The van der Waals surface area contributed by atoms with E-state index in [4.69, 9.17) is 16.9 Å². The molecule has 0 saturated carbocycles. The summed E-state index contributed by atoms with van der Waals surface area (Å²) < 4.78 is 17.7. The molecule has 0 saturated heterocycles. The Kier molecular flexibility index (Phi) is 4.74. The van der Waals surface area contributed by atoms with Gasteiger partial charge in [0.25, 0.3) is 5.91 Å². The van der Waals surface area contributed by atoms with Crippen LogP contribution in [-0.2, 0) is 0 Å². The van der Waals surface area contributed by atoms with E-state index in [0.717, 1.165) is 16.6 Å². The number of rotatable bonds is 3. The third-order valence-corrected chi connectivity index (χ3v) is 4.89. The van der Waals surface area contributed by atoms with Crippen LogP contribution >= 0.6 is 34.5 Å². The lowest BCUT2D eigenvalue weighted by molar-refractivity contribution is 0.102. The lowest BCUT2D eigenvalue weighted by atomic mass is 10.1. The van der Waals surface area contributed by atoms with E-state index in [9.17, 15) is 9.18 Å². The van der Waals surface area contributed by atoms with E-state index in [1.54, 1.807) is 50.4 Å². The number of nitrogens with zero attached hydrogens (tertiary/aromatic N) is 5. The highest BCUT2D eigenvalue weighted by Gasteiger charge is 2.20. The lowest BCUT2D eigenvalue weighted by Crippen LogP contribution is -2.15. The normalized spacial score (nSPS) is 10.8. The van der Waals surface area contributed by atoms with Gasteiger partial charge in [-0.25, -0.2) is 12.0 Å². The number of nitriles is 1. The highest BCUT2D eigenvalue weighted by atomic mass is 127. The van der Waals surface area contributed by atoms with E-state index in [1.807, 2.05) is 22.9 Å². The van der Waals surface area contributed by atoms with Gasteiger partial charge >= 0.3 is 0 Å². The predicted molar refractivity (Wildman–Crippen MR) is 110 cm³/mol. The second-order valence-corrected chi connectivity index (χ2v) is 7.16. The van der Waals surface area contributed by atoms with E-state index in [-0.39, 0.29) is 16.1 Å². The fraction of sp³-hybridized carbons (Fsp3) is 0. The van der Waals surface area contributed by atoms with Crippen LogP contribution in [0.1, 0.15) is 15.9 Å². The third-order valence-electron chi connectivity index (χ3n) is 4.05. The first kappa shape index (κ1) is 18.4. The lowest BCUT2D eigenvalue weighted by Gasteiger charge is -2.09. The Balaban J connectivity index is 1.71. The van der Waals surface area contributed by atoms with Crippen LogP contribution in [0.2, 0.25) is 5.02 Å². The van der Waals surface area contributed by atoms with E-state index < -0.39 is 11.7 Å². The second kappa shape index (κ2) is 7.21. The fourth-order valence-corrected chi connectivity index (χ4v) is 3.38. The fourth-order valence-electron chi connectivity index (χ4n) is 2.74. The van der Waals surface area contributed by atoms with Gasteiger partial charge in [-0.05, 0) is 30.3 Å². The van der Waals surface area contributed by atoms with Gasteiger partial charge < -0.3 is 5.32 Å². The summed E-state index contributed by atoms with van der Waals surface area (Å²) in [5, 5.41) is 20.8. The van der Waals surface area contributed by atoms with Crippen molar-refractivity contribution in [1.29, 1.82) is 5.26 Å². The molecule has 4 rings (SSSR count). The summed E-state index contributed by atoms with van der Waals surface area (Å²) in [5.74, 6) is -1.70. The average Bonchev–Trinajstić information content (AvgIpc) is 3.27. The van der Waals surface area contributed by atoms with Gasteiger partial charge in [0.2, 0.25) is 0 Å². The Morgan fingerprint density at radius 1 is 1.25 bits per heavy atom. The van der Waals surface area contributed by atoms with Gasteiger partial charge in [0.15, 0.2) is 5.82 Å². The Morgan fingerprint density at radius 2 is 2.07 bits per heavy atom. The molecular weight excluding hydrogens is 498 g/mol. The minimum atomic E-state index is -0.951. The van der Waals surface area contributed by atoms with E-state index in [0.29, 0.717) is 5.69 Å². The summed E-state index contributed by atoms with van der Waals surface area (Å²) in [7, 11) is 0. The SMILES string of the molecule is N#Cc1ccc(Cl)c(C(=O)Nc2ccc3cnn(-c4cnn(I)c4)c3c2)c1F. The third kappa shape index (κ3) is 3.21. The van der Waals surface area contributed by atoms with Gasteiger partial charge in [0.05, 0.1) is 63.1 Å². The van der Waals surface area contributed by atoms with Crippen LogP contribution in [0.4, 0.5) is 10.1 Å². The minimum Gasteiger partial charge on any atom is -0.322 e. The largest absolute Gasteiger partial charge is 0.322 e. The van der Waals surface area contributed by atoms with Crippen LogP contribution in [0, 0.1) is 17.1 Å². The molecule has 138 valence electrons.